The van der Waals surface area contributed by atoms with Gasteiger partial charge in [0.2, 0.25) is 5.91 Å². The lowest BCUT2D eigenvalue weighted by Crippen LogP contribution is -3.15. The highest BCUT2D eigenvalue weighted by atomic mass is 16.5. The van der Waals surface area contributed by atoms with Crippen LogP contribution in [-0.4, -0.2) is 80.6 Å². The van der Waals surface area contributed by atoms with E-state index in [4.69, 9.17) is 4.74 Å². The second kappa shape index (κ2) is 9.87. The van der Waals surface area contributed by atoms with E-state index in [1.165, 1.54) is 4.90 Å². The molecule has 0 bridgehead atoms. The molecular formula is C24H30N3O3+. The molecule has 2 aromatic carbocycles. The number of piperazine rings is 1. The van der Waals surface area contributed by atoms with Gasteiger partial charge in [-0.1, -0.05) is 60.7 Å². The zero-order valence-electron chi connectivity index (χ0n) is 17.3. The molecule has 0 radical (unpaired) electrons. The normalized spacial score (nSPS) is 17.9. The van der Waals surface area contributed by atoms with Crippen molar-refractivity contribution in [2.75, 3.05) is 59.0 Å². The zero-order chi connectivity index (χ0) is 20.8. The molecule has 2 aliphatic heterocycles. The van der Waals surface area contributed by atoms with Gasteiger partial charge in [-0.2, -0.15) is 0 Å². The van der Waals surface area contributed by atoms with Crippen molar-refractivity contribution in [1.29, 1.82) is 0 Å². The van der Waals surface area contributed by atoms with Crippen molar-refractivity contribution in [3.63, 3.8) is 0 Å². The Labute approximate surface area is 178 Å². The molecule has 4 rings (SSSR count). The predicted molar refractivity (Wildman–Crippen MR) is 114 cm³/mol. The lowest BCUT2D eigenvalue weighted by Gasteiger charge is -2.35. The Hall–Kier alpha value is -2.70. The van der Waals surface area contributed by atoms with Gasteiger partial charge in [0.25, 0.3) is 5.91 Å². The van der Waals surface area contributed by atoms with Crippen LogP contribution in [0.5, 0.6) is 0 Å². The number of nitrogens with zero attached hydrogens (tertiary/aromatic N) is 2. The number of rotatable bonds is 5. The molecule has 2 saturated heterocycles. The van der Waals surface area contributed by atoms with E-state index >= 15 is 0 Å². The third-order valence-electron chi connectivity index (χ3n) is 6.06. The van der Waals surface area contributed by atoms with Gasteiger partial charge in [-0.3, -0.25) is 9.59 Å². The highest BCUT2D eigenvalue weighted by Gasteiger charge is 2.32. The summed E-state index contributed by atoms with van der Waals surface area (Å²) >= 11 is 0. The second-order valence-electron chi connectivity index (χ2n) is 8.00. The summed E-state index contributed by atoms with van der Waals surface area (Å²) < 4.78 is 5.33. The zero-order valence-corrected chi connectivity index (χ0v) is 17.3. The Bertz CT molecular complexity index is 790. The van der Waals surface area contributed by atoms with Gasteiger partial charge in [0, 0.05) is 13.1 Å². The van der Waals surface area contributed by atoms with Gasteiger partial charge in [0.1, 0.15) is 0 Å². The van der Waals surface area contributed by atoms with Gasteiger partial charge in [0.15, 0.2) is 6.54 Å². The number of hydrogen-bond acceptors (Lipinski definition) is 3. The van der Waals surface area contributed by atoms with Crippen LogP contribution < -0.4 is 4.90 Å². The first kappa shape index (κ1) is 20.6. The molecule has 0 aliphatic carbocycles. The molecule has 0 unspecified atom stereocenters. The Kier molecular flexibility index (Phi) is 6.77. The molecule has 0 atom stereocenters. The fourth-order valence-electron chi connectivity index (χ4n) is 4.31. The van der Waals surface area contributed by atoms with Crippen molar-refractivity contribution in [2.24, 2.45) is 0 Å². The summed E-state index contributed by atoms with van der Waals surface area (Å²) in [4.78, 5) is 31.2. The SMILES string of the molecule is O=C(C[NH+]1CCN(C(=O)C(c2ccccc2)c2ccccc2)CC1)N1CCOCC1. The van der Waals surface area contributed by atoms with E-state index in [0.29, 0.717) is 45.9 Å². The van der Waals surface area contributed by atoms with Crippen LogP contribution in [0, 0.1) is 0 Å². The van der Waals surface area contributed by atoms with Crippen molar-refractivity contribution in [1.82, 2.24) is 9.80 Å². The first-order chi connectivity index (χ1) is 14.7. The van der Waals surface area contributed by atoms with E-state index in [9.17, 15) is 9.59 Å². The Morgan fingerprint density at radius 1 is 0.800 bits per heavy atom. The Balaban J connectivity index is 1.39. The number of amides is 2. The van der Waals surface area contributed by atoms with E-state index < -0.39 is 0 Å². The van der Waals surface area contributed by atoms with Crippen LogP contribution >= 0.6 is 0 Å². The van der Waals surface area contributed by atoms with Crippen LogP contribution in [0.25, 0.3) is 0 Å². The molecule has 2 aromatic rings. The highest BCUT2D eigenvalue weighted by molar-refractivity contribution is 5.87. The largest absolute Gasteiger partial charge is 0.378 e. The van der Waals surface area contributed by atoms with Gasteiger partial charge in [-0.15, -0.1) is 0 Å². The van der Waals surface area contributed by atoms with E-state index in [1.807, 2.05) is 70.5 Å². The number of quaternary nitrogens is 1. The fraction of sp³-hybridized carbons (Fsp3) is 0.417. The average Bonchev–Trinajstić information content (AvgIpc) is 2.81. The summed E-state index contributed by atoms with van der Waals surface area (Å²) in [6.07, 6.45) is 0. The summed E-state index contributed by atoms with van der Waals surface area (Å²) in [5.74, 6) is 0.0504. The first-order valence-corrected chi connectivity index (χ1v) is 10.8. The number of ether oxygens (including phenoxy) is 1. The quantitative estimate of drug-likeness (QED) is 0.780. The maximum atomic E-state index is 13.5. The van der Waals surface area contributed by atoms with Crippen LogP contribution in [0.1, 0.15) is 17.0 Å². The molecular weight excluding hydrogens is 378 g/mol. The smallest absolute Gasteiger partial charge is 0.277 e. The molecule has 158 valence electrons. The number of benzene rings is 2. The van der Waals surface area contributed by atoms with Gasteiger partial charge in [0.05, 0.1) is 45.3 Å². The third kappa shape index (κ3) is 4.89. The van der Waals surface area contributed by atoms with Crippen molar-refractivity contribution >= 4 is 11.8 Å². The summed E-state index contributed by atoms with van der Waals surface area (Å²) in [6, 6.07) is 20.0. The molecule has 2 heterocycles. The summed E-state index contributed by atoms with van der Waals surface area (Å²) in [7, 11) is 0. The molecule has 0 saturated carbocycles. The van der Waals surface area contributed by atoms with E-state index in [2.05, 4.69) is 0 Å². The molecule has 2 amide bonds. The minimum Gasteiger partial charge on any atom is -0.378 e. The number of carbonyl (C=O) groups is 2. The Morgan fingerprint density at radius 2 is 1.33 bits per heavy atom. The van der Waals surface area contributed by atoms with Crippen molar-refractivity contribution in [3.05, 3.63) is 71.8 Å². The van der Waals surface area contributed by atoms with Crippen LogP contribution in [0.4, 0.5) is 0 Å². The lowest BCUT2D eigenvalue weighted by molar-refractivity contribution is -0.896. The predicted octanol–water partition coefficient (Wildman–Crippen LogP) is 0.404. The minimum atomic E-state index is -0.288. The molecule has 2 fully saturated rings. The van der Waals surface area contributed by atoms with E-state index in [0.717, 1.165) is 24.2 Å². The summed E-state index contributed by atoms with van der Waals surface area (Å²) in [6.45, 7) is 6.10. The topological polar surface area (TPSA) is 54.3 Å². The maximum Gasteiger partial charge on any atom is 0.277 e. The number of carbonyl (C=O) groups excluding carboxylic acids is 2. The van der Waals surface area contributed by atoms with Crippen LogP contribution in [0.3, 0.4) is 0 Å². The second-order valence-corrected chi connectivity index (χ2v) is 8.00. The van der Waals surface area contributed by atoms with Crippen LogP contribution in [0.15, 0.2) is 60.7 Å². The van der Waals surface area contributed by atoms with Gasteiger partial charge in [-0.05, 0) is 11.1 Å². The van der Waals surface area contributed by atoms with E-state index in [-0.39, 0.29) is 17.7 Å². The Morgan fingerprint density at radius 3 is 1.87 bits per heavy atom. The molecule has 0 spiro atoms. The molecule has 6 heteroatoms. The molecule has 2 aliphatic rings. The molecule has 1 N–H and O–H groups in total. The van der Waals surface area contributed by atoms with Crippen LogP contribution in [0.2, 0.25) is 0 Å². The van der Waals surface area contributed by atoms with Gasteiger partial charge < -0.3 is 19.4 Å². The third-order valence-corrected chi connectivity index (χ3v) is 6.06. The summed E-state index contributed by atoms with van der Waals surface area (Å²) in [5.41, 5.74) is 2.04. The van der Waals surface area contributed by atoms with Gasteiger partial charge in [-0.25, -0.2) is 0 Å². The molecule has 6 nitrogen and oxygen atoms in total. The number of morpholine rings is 1. The van der Waals surface area contributed by atoms with Gasteiger partial charge >= 0.3 is 0 Å². The molecule has 0 aromatic heterocycles. The highest BCUT2D eigenvalue weighted by Crippen LogP contribution is 2.26. The van der Waals surface area contributed by atoms with Crippen molar-refractivity contribution in [2.45, 2.75) is 5.92 Å². The maximum absolute atomic E-state index is 13.5. The lowest BCUT2D eigenvalue weighted by atomic mass is 9.90. The first-order valence-electron chi connectivity index (χ1n) is 10.8. The van der Waals surface area contributed by atoms with Crippen molar-refractivity contribution in [3.8, 4) is 0 Å². The number of hydrogen-bond donors (Lipinski definition) is 1. The fourth-order valence-corrected chi connectivity index (χ4v) is 4.31. The molecule has 30 heavy (non-hydrogen) atoms. The summed E-state index contributed by atoms with van der Waals surface area (Å²) in [5, 5.41) is 0. The van der Waals surface area contributed by atoms with E-state index in [1.54, 1.807) is 0 Å². The van der Waals surface area contributed by atoms with Crippen molar-refractivity contribution < 1.29 is 19.2 Å². The monoisotopic (exact) mass is 408 g/mol. The van der Waals surface area contributed by atoms with Crippen LogP contribution in [-0.2, 0) is 14.3 Å². The number of nitrogens with one attached hydrogen (secondary N) is 1. The minimum absolute atomic E-state index is 0.144. The average molecular weight is 409 g/mol. The standard InChI is InChI=1S/C24H29N3O3/c28-22(26-15-17-30-18-16-26)19-25-11-13-27(14-12-25)24(29)23(20-7-3-1-4-8-20)21-9-5-2-6-10-21/h1-10,23H,11-19H2/p+1.